The number of hydrogen-bond donors (Lipinski definition) is 1. The molecule has 0 aliphatic heterocycles. The second kappa shape index (κ2) is 4.09. The Kier molecular flexibility index (Phi) is 3.33. The van der Waals surface area contributed by atoms with Crippen molar-refractivity contribution in [2.45, 2.75) is 33.1 Å². The molecule has 0 saturated heterocycles. The van der Waals surface area contributed by atoms with Gasteiger partial charge in [-0.25, -0.2) is 0 Å². The SMILES string of the molecule is CC(C)(C)[C@@H](O)c1ccc(C(F)(F)F)cc1. The van der Waals surface area contributed by atoms with Gasteiger partial charge in [0, 0.05) is 0 Å². The quantitative estimate of drug-likeness (QED) is 0.781. The number of rotatable bonds is 1. The van der Waals surface area contributed by atoms with Gasteiger partial charge in [-0.15, -0.1) is 0 Å². The lowest BCUT2D eigenvalue weighted by atomic mass is 9.84. The van der Waals surface area contributed by atoms with Gasteiger partial charge in [0.2, 0.25) is 0 Å². The molecule has 1 N–H and O–H groups in total. The van der Waals surface area contributed by atoms with Crippen molar-refractivity contribution in [2.24, 2.45) is 5.41 Å². The van der Waals surface area contributed by atoms with Gasteiger partial charge in [0.1, 0.15) is 0 Å². The van der Waals surface area contributed by atoms with Crippen LogP contribution < -0.4 is 0 Å². The van der Waals surface area contributed by atoms with Crippen LogP contribution in [0.1, 0.15) is 38.0 Å². The van der Waals surface area contributed by atoms with Crippen molar-refractivity contribution < 1.29 is 18.3 Å². The molecule has 0 aliphatic carbocycles. The largest absolute Gasteiger partial charge is 0.416 e. The minimum absolute atomic E-state index is 0.389. The van der Waals surface area contributed by atoms with E-state index in [1.165, 1.54) is 12.1 Å². The van der Waals surface area contributed by atoms with Gasteiger partial charge in [0.15, 0.2) is 0 Å². The maximum Gasteiger partial charge on any atom is 0.416 e. The van der Waals surface area contributed by atoms with Crippen molar-refractivity contribution in [1.29, 1.82) is 0 Å². The molecule has 0 spiro atoms. The molecule has 1 atom stereocenters. The summed E-state index contributed by atoms with van der Waals surface area (Å²) in [6.45, 7) is 5.49. The molecule has 0 fully saturated rings. The fourth-order valence-electron chi connectivity index (χ4n) is 1.35. The minimum Gasteiger partial charge on any atom is -0.388 e. The number of hydrogen-bond acceptors (Lipinski definition) is 1. The summed E-state index contributed by atoms with van der Waals surface area (Å²) in [6.07, 6.45) is -5.10. The Balaban J connectivity index is 2.96. The number of benzene rings is 1. The van der Waals surface area contributed by atoms with E-state index in [9.17, 15) is 18.3 Å². The number of aliphatic hydroxyl groups excluding tert-OH is 1. The Morgan fingerprint density at radius 2 is 1.44 bits per heavy atom. The van der Waals surface area contributed by atoms with Crippen LogP contribution in [-0.4, -0.2) is 5.11 Å². The van der Waals surface area contributed by atoms with E-state index in [1.807, 2.05) is 20.8 Å². The standard InChI is InChI=1S/C12H15F3O/c1-11(2,3)10(16)8-4-6-9(7-5-8)12(13,14)15/h4-7,10,16H,1-3H3/t10-/m0/s1. The summed E-state index contributed by atoms with van der Waals surface area (Å²) < 4.78 is 36.9. The Hall–Kier alpha value is -1.03. The molecule has 90 valence electrons. The normalized spacial score (nSPS) is 14.9. The predicted molar refractivity (Wildman–Crippen MR) is 55.9 cm³/mol. The van der Waals surface area contributed by atoms with Crippen molar-refractivity contribution in [3.05, 3.63) is 35.4 Å². The lowest BCUT2D eigenvalue weighted by molar-refractivity contribution is -0.137. The van der Waals surface area contributed by atoms with Gasteiger partial charge in [0.25, 0.3) is 0 Å². The Labute approximate surface area is 92.9 Å². The summed E-state index contributed by atoms with van der Waals surface area (Å²) in [4.78, 5) is 0. The van der Waals surface area contributed by atoms with Gasteiger partial charge in [-0.05, 0) is 23.1 Å². The molecule has 0 aromatic heterocycles. The van der Waals surface area contributed by atoms with Gasteiger partial charge in [-0.1, -0.05) is 32.9 Å². The van der Waals surface area contributed by atoms with Crippen molar-refractivity contribution in [3.8, 4) is 0 Å². The van der Waals surface area contributed by atoms with Gasteiger partial charge in [-0.3, -0.25) is 0 Å². The van der Waals surface area contributed by atoms with Gasteiger partial charge in [-0.2, -0.15) is 13.2 Å². The second-order valence-corrected chi connectivity index (χ2v) is 4.89. The van der Waals surface area contributed by atoms with E-state index < -0.39 is 17.8 Å². The number of aliphatic hydroxyl groups is 1. The maximum absolute atomic E-state index is 12.3. The first-order chi connectivity index (χ1) is 7.12. The predicted octanol–water partition coefficient (Wildman–Crippen LogP) is 3.78. The molecule has 4 heteroatoms. The average Bonchev–Trinajstić information content (AvgIpc) is 2.14. The Bertz CT molecular complexity index is 346. The molecule has 0 aliphatic rings. The molecule has 1 aromatic rings. The Morgan fingerprint density at radius 1 is 1.00 bits per heavy atom. The first kappa shape index (κ1) is 13.0. The van der Waals surface area contributed by atoms with Gasteiger partial charge >= 0.3 is 6.18 Å². The molecular formula is C12H15F3O. The number of alkyl halides is 3. The van der Waals surface area contributed by atoms with E-state index in [-0.39, 0.29) is 5.41 Å². The maximum atomic E-state index is 12.3. The van der Waals surface area contributed by atoms with Crippen LogP contribution in [0.5, 0.6) is 0 Å². The zero-order valence-electron chi connectivity index (χ0n) is 9.47. The zero-order valence-corrected chi connectivity index (χ0v) is 9.47. The van der Waals surface area contributed by atoms with E-state index in [0.29, 0.717) is 5.56 Å². The molecule has 0 amide bonds. The molecule has 1 aromatic carbocycles. The van der Waals surface area contributed by atoms with Crippen molar-refractivity contribution in [2.75, 3.05) is 0 Å². The molecule has 0 unspecified atom stereocenters. The third-order valence-corrected chi connectivity index (χ3v) is 2.37. The fraction of sp³-hybridized carbons (Fsp3) is 0.500. The summed E-state index contributed by atoms with van der Waals surface area (Å²) in [6, 6.07) is 4.62. The molecule has 16 heavy (non-hydrogen) atoms. The van der Waals surface area contributed by atoms with Crippen LogP contribution in [-0.2, 0) is 6.18 Å². The molecule has 0 radical (unpaired) electrons. The van der Waals surface area contributed by atoms with Crippen LogP contribution in [0.25, 0.3) is 0 Å². The average molecular weight is 232 g/mol. The van der Waals surface area contributed by atoms with Gasteiger partial charge in [0.05, 0.1) is 11.7 Å². The van der Waals surface area contributed by atoms with Crippen LogP contribution in [0.3, 0.4) is 0 Å². The minimum atomic E-state index is -4.33. The third kappa shape index (κ3) is 2.98. The fourth-order valence-corrected chi connectivity index (χ4v) is 1.35. The highest BCUT2D eigenvalue weighted by atomic mass is 19.4. The van der Waals surface area contributed by atoms with E-state index in [1.54, 1.807) is 0 Å². The summed E-state index contributed by atoms with van der Waals surface area (Å²) in [5.74, 6) is 0. The topological polar surface area (TPSA) is 20.2 Å². The van der Waals surface area contributed by atoms with Crippen LogP contribution in [0, 0.1) is 5.41 Å². The monoisotopic (exact) mass is 232 g/mol. The molecular weight excluding hydrogens is 217 g/mol. The van der Waals surface area contributed by atoms with Crippen LogP contribution in [0.4, 0.5) is 13.2 Å². The van der Waals surface area contributed by atoms with E-state index in [2.05, 4.69) is 0 Å². The Morgan fingerprint density at radius 3 is 1.75 bits per heavy atom. The highest BCUT2D eigenvalue weighted by molar-refractivity contribution is 5.26. The lowest BCUT2D eigenvalue weighted by Gasteiger charge is -2.26. The first-order valence-corrected chi connectivity index (χ1v) is 4.97. The first-order valence-electron chi connectivity index (χ1n) is 4.97. The summed E-state index contributed by atoms with van der Waals surface area (Å²) in [5, 5.41) is 9.87. The molecule has 1 nitrogen and oxygen atoms in total. The number of halogens is 3. The van der Waals surface area contributed by atoms with Crippen LogP contribution in [0.2, 0.25) is 0 Å². The summed E-state index contributed by atoms with van der Waals surface area (Å²) >= 11 is 0. The molecule has 1 rings (SSSR count). The van der Waals surface area contributed by atoms with E-state index in [4.69, 9.17) is 0 Å². The highest BCUT2D eigenvalue weighted by Gasteiger charge is 2.31. The summed E-state index contributed by atoms with van der Waals surface area (Å²) in [7, 11) is 0. The van der Waals surface area contributed by atoms with Crippen molar-refractivity contribution in [3.63, 3.8) is 0 Å². The van der Waals surface area contributed by atoms with Gasteiger partial charge < -0.3 is 5.11 Å². The van der Waals surface area contributed by atoms with Crippen molar-refractivity contribution >= 4 is 0 Å². The van der Waals surface area contributed by atoms with Crippen molar-refractivity contribution in [1.82, 2.24) is 0 Å². The zero-order chi connectivity index (χ0) is 12.6. The van der Waals surface area contributed by atoms with E-state index in [0.717, 1.165) is 12.1 Å². The van der Waals surface area contributed by atoms with E-state index >= 15 is 0 Å². The van der Waals surface area contributed by atoms with Crippen LogP contribution in [0.15, 0.2) is 24.3 Å². The molecule has 0 heterocycles. The summed E-state index contributed by atoms with van der Waals surface area (Å²) in [5.41, 5.74) is -0.586. The molecule has 0 saturated carbocycles. The second-order valence-electron chi connectivity index (χ2n) is 4.89. The van der Waals surface area contributed by atoms with Crippen LogP contribution >= 0.6 is 0 Å². The lowest BCUT2D eigenvalue weighted by Crippen LogP contribution is -2.18. The highest BCUT2D eigenvalue weighted by Crippen LogP contribution is 2.34. The smallest absolute Gasteiger partial charge is 0.388 e. The molecule has 0 bridgehead atoms. The third-order valence-electron chi connectivity index (χ3n) is 2.37.